The molecule has 1 aliphatic heterocycles. The van der Waals surface area contributed by atoms with E-state index in [0.29, 0.717) is 18.4 Å². The first kappa shape index (κ1) is 17.9. The van der Waals surface area contributed by atoms with Crippen LogP contribution in [-0.2, 0) is 4.79 Å². The second-order valence-corrected chi connectivity index (χ2v) is 6.98. The van der Waals surface area contributed by atoms with Crippen molar-refractivity contribution in [3.63, 3.8) is 0 Å². The smallest absolute Gasteiger partial charge is 0.321 e. The van der Waals surface area contributed by atoms with Crippen LogP contribution in [0.25, 0.3) is 0 Å². The predicted octanol–water partition coefficient (Wildman–Crippen LogP) is 2.70. The fraction of sp³-hybridized carbons (Fsp3) is 0.722. The van der Waals surface area contributed by atoms with Crippen LogP contribution in [0.2, 0.25) is 0 Å². The zero-order chi connectivity index (χ0) is 17.6. The number of rotatable bonds is 5. The van der Waals surface area contributed by atoms with Gasteiger partial charge in [0.2, 0.25) is 11.8 Å². The Morgan fingerprint density at radius 3 is 2.80 bits per heavy atom. The van der Waals surface area contributed by atoms with Gasteiger partial charge in [0.1, 0.15) is 6.26 Å². The van der Waals surface area contributed by atoms with Crippen LogP contribution in [0.4, 0.5) is 4.79 Å². The van der Waals surface area contributed by atoms with E-state index in [9.17, 15) is 9.59 Å². The normalized spacial score (nSPS) is 22.0. The van der Waals surface area contributed by atoms with Gasteiger partial charge < -0.3 is 9.73 Å². The van der Waals surface area contributed by atoms with Crippen LogP contribution in [0.15, 0.2) is 10.7 Å². The molecule has 3 amide bonds. The molecule has 2 N–H and O–H groups in total. The second kappa shape index (κ2) is 8.47. The highest BCUT2D eigenvalue weighted by molar-refractivity contribution is 5.95. The fourth-order valence-corrected chi connectivity index (χ4v) is 3.89. The van der Waals surface area contributed by atoms with Gasteiger partial charge in [0.15, 0.2) is 0 Å². The number of nitrogens with zero attached hydrogens (tertiary/aromatic N) is 2. The van der Waals surface area contributed by atoms with E-state index >= 15 is 0 Å². The molecule has 7 heteroatoms. The molecule has 1 aromatic heterocycles. The Morgan fingerprint density at radius 1 is 1.24 bits per heavy atom. The third-order valence-electron chi connectivity index (χ3n) is 5.15. The van der Waals surface area contributed by atoms with Crippen molar-refractivity contribution in [2.75, 3.05) is 19.6 Å². The lowest BCUT2D eigenvalue weighted by molar-refractivity contribution is -0.121. The second-order valence-electron chi connectivity index (χ2n) is 6.98. The Bertz CT molecular complexity index is 595. The number of nitrogens with one attached hydrogen (secondary N) is 2. The molecule has 3 rings (SSSR count). The molecule has 0 unspecified atom stereocenters. The average Bonchev–Trinajstić information content (AvgIpc) is 3.24. The van der Waals surface area contributed by atoms with Gasteiger partial charge >= 0.3 is 6.03 Å². The molecule has 0 bridgehead atoms. The third kappa shape index (κ3) is 4.60. The van der Waals surface area contributed by atoms with Crippen molar-refractivity contribution in [2.24, 2.45) is 0 Å². The van der Waals surface area contributed by atoms with Crippen molar-refractivity contribution >= 4 is 11.9 Å². The van der Waals surface area contributed by atoms with Crippen LogP contribution in [0.1, 0.15) is 75.4 Å². The van der Waals surface area contributed by atoms with E-state index in [4.69, 9.17) is 9.40 Å². The minimum Gasteiger partial charge on any atom is -0.447 e. The number of likely N-dealkylation sites (tertiary alicyclic amines) is 1. The van der Waals surface area contributed by atoms with E-state index < -0.39 is 6.03 Å². The van der Waals surface area contributed by atoms with E-state index in [1.165, 1.54) is 32.1 Å². The van der Waals surface area contributed by atoms with Crippen molar-refractivity contribution < 1.29 is 14.0 Å². The molecule has 0 radical (unpaired) electrons. The van der Waals surface area contributed by atoms with E-state index in [1.807, 2.05) is 11.8 Å². The molecule has 2 fully saturated rings. The number of carbonyl (C=O) groups excluding carboxylic acids is 2. The Morgan fingerprint density at radius 2 is 2.04 bits per heavy atom. The molecular weight excluding hydrogens is 320 g/mol. The summed E-state index contributed by atoms with van der Waals surface area (Å²) in [5.74, 6) is 0.933. The molecule has 1 saturated carbocycles. The van der Waals surface area contributed by atoms with E-state index in [2.05, 4.69) is 10.6 Å². The van der Waals surface area contributed by atoms with Gasteiger partial charge in [-0.1, -0.05) is 19.3 Å². The lowest BCUT2D eigenvalue weighted by Gasteiger charge is -2.21. The van der Waals surface area contributed by atoms with Crippen molar-refractivity contribution in [2.45, 2.75) is 63.8 Å². The summed E-state index contributed by atoms with van der Waals surface area (Å²) < 4.78 is 5.77. The van der Waals surface area contributed by atoms with Crippen molar-refractivity contribution in [1.29, 1.82) is 0 Å². The highest BCUT2D eigenvalue weighted by Gasteiger charge is 2.32. The number of urea groups is 1. The summed E-state index contributed by atoms with van der Waals surface area (Å²) in [6.45, 7) is 3.30. The van der Waals surface area contributed by atoms with Gasteiger partial charge in [0.05, 0.1) is 18.3 Å². The third-order valence-corrected chi connectivity index (χ3v) is 5.15. The van der Waals surface area contributed by atoms with Crippen molar-refractivity contribution in [1.82, 2.24) is 20.5 Å². The largest absolute Gasteiger partial charge is 0.447 e. The van der Waals surface area contributed by atoms with Gasteiger partial charge in [0.25, 0.3) is 0 Å². The Kier molecular flexibility index (Phi) is 6.07. The van der Waals surface area contributed by atoms with E-state index in [0.717, 1.165) is 25.1 Å². The number of hydrogen-bond acceptors (Lipinski definition) is 5. The maximum atomic E-state index is 12.0. The first-order chi connectivity index (χ1) is 12.2. The van der Waals surface area contributed by atoms with E-state index in [1.54, 1.807) is 6.26 Å². The summed E-state index contributed by atoms with van der Waals surface area (Å²) >= 11 is 0. The number of carbonyl (C=O) groups is 2. The summed E-state index contributed by atoms with van der Waals surface area (Å²) in [7, 11) is 0. The lowest BCUT2D eigenvalue weighted by atomic mass is 9.87. The maximum Gasteiger partial charge on any atom is 0.321 e. The number of amides is 3. The average molecular weight is 348 g/mol. The SMILES string of the molecule is CCNC(=O)NC(=O)CN1CCC[C@@H]1c1nc(C2CCCCC2)co1. The first-order valence-corrected chi connectivity index (χ1v) is 9.44. The molecule has 7 nitrogen and oxygen atoms in total. The molecule has 1 aromatic rings. The lowest BCUT2D eigenvalue weighted by Crippen LogP contribution is -2.44. The monoisotopic (exact) mass is 348 g/mol. The quantitative estimate of drug-likeness (QED) is 0.854. The Hall–Kier alpha value is -1.89. The van der Waals surface area contributed by atoms with Gasteiger partial charge in [-0.2, -0.15) is 0 Å². The predicted molar refractivity (Wildman–Crippen MR) is 93.1 cm³/mol. The van der Waals surface area contributed by atoms with Gasteiger partial charge in [-0.15, -0.1) is 0 Å². The number of imide groups is 1. The highest BCUT2D eigenvalue weighted by Crippen LogP contribution is 2.35. The summed E-state index contributed by atoms with van der Waals surface area (Å²) in [6, 6.07) is -0.420. The molecule has 1 saturated heterocycles. The summed E-state index contributed by atoms with van der Waals surface area (Å²) in [6.07, 6.45) is 9.96. The minimum atomic E-state index is -0.445. The van der Waals surface area contributed by atoms with E-state index in [-0.39, 0.29) is 18.5 Å². The number of oxazole rings is 1. The summed E-state index contributed by atoms with van der Waals surface area (Å²) in [4.78, 5) is 30.3. The van der Waals surface area contributed by atoms with Gasteiger partial charge in [-0.3, -0.25) is 15.0 Å². The molecule has 138 valence electrons. The molecule has 1 atom stereocenters. The molecule has 2 heterocycles. The molecular formula is C18H28N4O3. The minimum absolute atomic E-state index is 0.0253. The summed E-state index contributed by atoms with van der Waals surface area (Å²) in [5.41, 5.74) is 1.06. The maximum absolute atomic E-state index is 12.0. The van der Waals surface area contributed by atoms with Crippen molar-refractivity contribution in [3.05, 3.63) is 17.8 Å². The summed E-state index contributed by atoms with van der Waals surface area (Å²) in [5, 5.41) is 4.92. The number of hydrogen-bond donors (Lipinski definition) is 2. The molecule has 1 aliphatic carbocycles. The standard InChI is InChI=1S/C18H28N4O3/c1-2-19-18(24)21-16(23)11-22-10-6-9-15(22)17-20-14(12-25-17)13-7-4-3-5-8-13/h12-13,15H,2-11H2,1H3,(H2,19,21,23,24)/t15-/m1/s1. The molecule has 25 heavy (non-hydrogen) atoms. The first-order valence-electron chi connectivity index (χ1n) is 9.44. The molecule has 0 spiro atoms. The van der Waals surface area contributed by atoms with Crippen molar-refractivity contribution in [3.8, 4) is 0 Å². The van der Waals surface area contributed by atoms with Gasteiger partial charge in [-0.25, -0.2) is 9.78 Å². The topological polar surface area (TPSA) is 87.5 Å². The Labute approximate surface area is 148 Å². The van der Waals surface area contributed by atoms with Crippen LogP contribution in [-0.4, -0.2) is 41.5 Å². The molecule has 2 aliphatic rings. The Balaban J connectivity index is 1.58. The van der Waals surface area contributed by atoms with Crippen LogP contribution < -0.4 is 10.6 Å². The van der Waals surface area contributed by atoms with Crippen LogP contribution in [0.3, 0.4) is 0 Å². The zero-order valence-corrected chi connectivity index (χ0v) is 14.9. The zero-order valence-electron chi connectivity index (χ0n) is 14.9. The highest BCUT2D eigenvalue weighted by atomic mass is 16.3. The number of aromatic nitrogens is 1. The fourth-order valence-electron chi connectivity index (χ4n) is 3.89. The van der Waals surface area contributed by atoms with Crippen LogP contribution >= 0.6 is 0 Å². The van der Waals surface area contributed by atoms with Crippen LogP contribution in [0.5, 0.6) is 0 Å². The van der Waals surface area contributed by atoms with Gasteiger partial charge in [0, 0.05) is 12.5 Å². The van der Waals surface area contributed by atoms with Crippen LogP contribution in [0, 0.1) is 0 Å². The molecule has 0 aromatic carbocycles. The van der Waals surface area contributed by atoms with Gasteiger partial charge in [-0.05, 0) is 39.2 Å².